The van der Waals surface area contributed by atoms with Gasteiger partial charge in [0.2, 0.25) is 0 Å². The standard InChI is InChI=1S/C17H22N2O/c1-12-7-8-19(13(2)9-12)17-10-14(11-20)15-5-3-4-6-16(15)18-17/h3-6,10,12-13,20H,7-9,11H2,1-2H3. The van der Waals surface area contributed by atoms with E-state index in [2.05, 4.69) is 24.8 Å². The van der Waals surface area contributed by atoms with Crippen molar-refractivity contribution >= 4 is 16.7 Å². The molecular weight excluding hydrogens is 248 g/mol. The summed E-state index contributed by atoms with van der Waals surface area (Å²) in [5.74, 6) is 1.80. The minimum absolute atomic E-state index is 0.0641. The number of para-hydroxylation sites is 1. The van der Waals surface area contributed by atoms with Crippen molar-refractivity contribution in [1.29, 1.82) is 0 Å². The molecule has 0 saturated carbocycles. The minimum Gasteiger partial charge on any atom is -0.392 e. The Kier molecular flexibility index (Phi) is 3.62. The van der Waals surface area contributed by atoms with Gasteiger partial charge >= 0.3 is 0 Å². The van der Waals surface area contributed by atoms with Crippen LogP contribution in [0.5, 0.6) is 0 Å². The second-order valence-corrected chi connectivity index (χ2v) is 5.99. The second kappa shape index (κ2) is 5.41. The lowest BCUT2D eigenvalue weighted by atomic mass is 9.93. The number of fused-ring (bicyclic) bond motifs is 1. The van der Waals surface area contributed by atoms with Gasteiger partial charge in [-0.1, -0.05) is 25.1 Å². The third-order valence-electron chi connectivity index (χ3n) is 4.39. The topological polar surface area (TPSA) is 36.4 Å². The zero-order chi connectivity index (χ0) is 14.1. The van der Waals surface area contributed by atoms with Crippen molar-refractivity contribution in [3.8, 4) is 0 Å². The molecular formula is C17H22N2O. The van der Waals surface area contributed by atoms with Crippen LogP contribution in [-0.4, -0.2) is 22.7 Å². The fourth-order valence-corrected chi connectivity index (χ4v) is 3.26. The van der Waals surface area contributed by atoms with Crippen LogP contribution in [0.15, 0.2) is 30.3 Å². The Balaban J connectivity index is 2.03. The monoisotopic (exact) mass is 270 g/mol. The molecule has 3 nitrogen and oxygen atoms in total. The summed E-state index contributed by atoms with van der Waals surface area (Å²) in [4.78, 5) is 7.18. The number of benzene rings is 1. The predicted molar refractivity (Wildman–Crippen MR) is 82.9 cm³/mol. The molecule has 2 heterocycles. The minimum atomic E-state index is 0.0641. The smallest absolute Gasteiger partial charge is 0.129 e. The Morgan fingerprint density at radius 1 is 1.30 bits per heavy atom. The summed E-state index contributed by atoms with van der Waals surface area (Å²) in [6.45, 7) is 5.71. The highest BCUT2D eigenvalue weighted by Crippen LogP contribution is 2.29. The molecule has 2 aromatic rings. The first-order valence-electron chi connectivity index (χ1n) is 7.45. The molecule has 0 spiro atoms. The summed E-state index contributed by atoms with van der Waals surface area (Å²) in [6, 6.07) is 10.6. The van der Waals surface area contributed by atoms with E-state index in [1.165, 1.54) is 12.8 Å². The number of nitrogens with zero attached hydrogens (tertiary/aromatic N) is 2. The lowest BCUT2D eigenvalue weighted by Gasteiger charge is -2.37. The maximum absolute atomic E-state index is 9.62. The number of rotatable bonds is 2. The molecule has 2 unspecified atom stereocenters. The number of pyridine rings is 1. The van der Waals surface area contributed by atoms with Crippen molar-refractivity contribution < 1.29 is 5.11 Å². The molecule has 3 rings (SSSR count). The van der Waals surface area contributed by atoms with E-state index in [4.69, 9.17) is 4.98 Å². The van der Waals surface area contributed by atoms with E-state index in [0.29, 0.717) is 6.04 Å². The quantitative estimate of drug-likeness (QED) is 0.909. The highest BCUT2D eigenvalue weighted by Gasteiger charge is 2.24. The van der Waals surface area contributed by atoms with Crippen LogP contribution in [0.3, 0.4) is 0 Å². The van der Waals surface area contributed by atoms with Crippen LogP contribution in [0.2, 0.25) is 0 Å². The van der Waals surface area contributed by atoms with Gasteiger partial charge in [-0.25, -0.2) is 4.98 Å². The molecule has 0 amide bonds. The van der Waals surface area contributed by atoms with Crippen LogP contribution in [0.4, 0.5) is 5.82 Å². The summed E-state index contributed by atoms with van der Waals surface area (Å²) >= 11 is 0. The molecule has 1 aromatic heterocycles. The van der Waals surface area contributed by atoms with Gasteiger partial charge in [0, 0.05) is 18.0 Å². The first kappa shape index (κ1) is 13.4. The number of piperidine rings is 1. The van der Waals surface area contributed by atoms with Crippen molar-refractivity contribution in [3.05, 3.63) is 35.9 Å². The molecule has 3 heteroatoms. The van der Waals surface area contributed by atoms with E-state index >= 15 is 0 Å². The molecule has 0 aliphatic carbocycles. The number of aromatic nitrogens is 1. The molecule has 1 N–H and O–H groups in total. The van der Waals surface area contributed by atoms with E-state index in [1.807, 2.05) is 24.3 Å². The van der Waals surface area contributed by atoms with Gasteiger partial charge in [-0.3, -0.25) is 0 Å². The lowest BCUT2D eigenvalue weighted by Crippen LogP contribution is -2.40. The summed E-state index contributed by atoms with van der Waals surface area (Å²) < 4.78 is 0. The highest BCUT2D eigenvalue weighted by atomic mass is 16.3. The molecule has 0 radical (unpaired) electrons. The molecule has 106 valence electrons. The van der Waals surface area contributed by atoms with Crippen molar-refractivity contribution in [2.75, 3.05) is 11.4 Å². The van der Waals surface area contributed by atoms with E-state index < -0.39 is 0 Å². The zero-order valence-electron chi connectivity index (χ0n) is 12.2. The first-order chi connectivity index (χ1) is 9.69. The van der Waals surface area contributed by atoms with Crippen LogP contribution >= 0.6 is 0 Å². The summed E-state index contributed by atoms with van der Waals surface area (Å²) in [6.07, 6.45) is 2.43. The average molecular weight is 270 g/mol. The first-order valence-corrected chi connectivity index (χ1v) is 7.45. The second-order valence-electron chi connectivity index (χ2n) is 5.99. The number of anilines is 1. The third-order valence-corrected chi connectivity index (χ3v) is 4.39. The molecule has 1 aliphatic heterocycles. The fourth-order valence-electron chi connectivity index (χ4n) is 3.26. The van der Waals surface area contributed by atoms with Gasteiger partial charge in [0.25, 0.3) is 0 Å². The lowest BCUT2D eigenvalue weighted by molar-refractivity contribution is 0.283. The van der Waals surface area contributed by atoms with Crippen LogP contribution in [0, 0.1) is 5.92 Å². The van der Waals surface area contributed by atoms with E-state index in [0.717, 1.165) is 34.7 Å². The van der Waals surface area contributed by atoms with Gasteiger partial charge in [0.05, 0.1) is 12.1 Å². The van der Waals surface area contributed by atoms with E-state index in [-0.39, 0.29) is 6.61 Å². The fraction of sp³-hybridized carbons (Fsp3) is 0.471. The Labute approximate surface area is 120 Å². The van der Waals surface area contributed by atoms with Crippen molar-refractivity contribution in [2.24, 2.45) is 5.92 Å². The van der Waals surface area contributed by atoms with Gasteiger partial charge in [-0.05, 0) is 43.4 Å². The molecule has 1 saturated heterocycles. The molecule has 0 bridgehead atoms. The Bertz CT molecular complexity index is 611. The number of hydrogen-bond acceptors (Lipinski definition) is 3. The van der Waals surface area contributed by atoms with Crippen LogP contribution in [0.1, 0.15) is 32.3 Å². The SMILES string of the molecule is CC1CCN(c2cc(CO)c3ccccc3n2)C(C)C1. The Morgan fingerprint density at radius 2 is 2.10 bits per heavy atom. The Morgan fingerprint density at radius 3 is 2.85 bits per heavy atom. The number of aliphatic hydroxyl groups excluding tert-OH is 1. The highest BCUT2D eigenvalue weighted by molar-refractivity contribution is 5.84. The third kappa shape index (κ3) is 2.38. The molecule has 1 aromatic carbocycles. The average Bonchev–Trinajstić information content (AvgIpc) is 2.46. The van der Waals surface area contributed by atoms with E-state index in [1.54, 1.807) is 0 Å². The summed E-state index contributed by atoms with van der Waals surface area (Å²) in [5.41, 5.74) is 1.94. The van der Waals surface area contributed by atoms with Crippen molar-refractivity contribution in [1.82, 2.24) is 4.98 Å². The largest absolute Gasteiger partial charge is 0.392 e. The van der Waals surface area contributed by atoms with E-state index in [9.17, 15) is 5.11 Å². The molecule has 1 aliphatic rings. The van der Waals surface area contributed by atoms with Gasteiger partial charge in [0.1, 0.15) is 5.82 Å². The maximum Gasteiger partial charge on any atom is 0.129 e. The van der Waals surface area contributed by atoms with Crippen molar-refractivity contribution in [3.63, 3.8) is 0 Å². The molecule has 1 fully saturated rings. The van der Waals surface area contributed by atoms with Crippen LogP contribution in [0.25, 0.3) is 10.9 Å². The summed E-state index contributed by atoms with van der Waals surface area (Å²) in [7, 11) is 0. The van der Waals surface area contributed by atoms with Crippen molar-refractivity contribution in [2.45, 2.75) is 39.3 Å². The van der Waals surface area contributed by atoms with Gasteiger partial charge < -0.3 is 10.0 Å². The van der Waals surface area contributed by atoms with Gasteiger partial charge in [-0.15, -0.1) is 0 Å². The predicted octanol–water partition coefficient (Wildman–Crippen LogP) is 3.35. The Hall–Kier alpha value is -1.61. The summed E-state index contributed by atoms with van der Waals surface area (Å²) in [5, 5.41) is 10.7. The number of aliphatic hydroxyl groups is 1. The van der Waals surface area contributed by atoms with Crippen LogP contribution < -0.4 is 4.90 Å². The van der Waals surface area contributed by atoms with Gasteiger partial charge in [0.15, 0.2) is 0 Å². The normalized spacial score (nSPS) is 23.2. The van der Waals surface area contributed by atoms with Gasteiger partial charge in [-0.2, -0.15) is 0 Å². The van der Waals surface area contributed by atoms with Crippen LogP contribution in [-0.2, 0) is 6.61 Å². The molecule has 20 heavy (non-hydrogen) atoms. The zero-order valence-corrected chi connectivity index (χ0v) is 12.2. The molecule has 2 atom stereocenters. The number of hydrogen-bond donors (Lipinski definition) is 1. The maximum atomic E-state index is 9.62.